The maximum atomic E-state index is 11.7. The molecule has 5 nitrogen and oxygen atoms in total. The van der Waals surface area contributed by atoms with E-state index in [4.69, 9.17) is 5.73 Å². The van der Waals surface area contributed by atoms with Gasteiger partial charge in [0.05, 0.1) is 11.1 Å². The standard InChI is InChI=1S/C26H26N4O/c27-25(31)22-9-4-10-23-24(22)29-26(28-23)20-13-11-19(12-14-20)21-8-5-15-30(17-21)16-18-6-2-1-3-7-18/h1-4,6-7,9-14,21H,5,8,15-17H2,(H2,27,31)(H,28,29). The number of hydrogen-bond donors (Lipinski definition) is 2. The normalized spacial score (nSPS) is 17.1. The molecule has 1 atom stereocenters. The van der Waals surface area contributed by atoms with Crippen LogP contribution in [0.25, 0.3) is 22.4 Å². The highest BCUT2D eigenvalue weighted by atomic mass is 16.1. The molecule has 1 aliphatic rings. The summed E-state index contributed by atoms with van der Waals surface area (Å²) < 4.78 is 0. The Bertz CT molecular complexity index is 1200. The molecule has 0 aliphatic carbocycles. The van der Waals surface area contributed by atoms with Crippen LogP contribution in [0.5, 0.6) is 0 Å². The predicted octanol–water partition coefficient (Wildman–Crippen LogP) is 4.71. The number of primary amides is 1. The molecular weight excluding hydrogens is 384 g/mol. The number of nitrogens with two attached hydrogens (primary N) is 1. The molecule has 2 heterocycles. The predicted molar refractivity (Wildman–Crippen MR) is 124 cm³/mol. The zero-order valence-corrected chi connectivity index (χ0v) is 17.4. The van der Waals surface area contributed by atoms with Crippen molar-refractivity contribution in [1.82, 2.24) is 14.9 Å². The molecule has 4 aromatic rings. The fourth-order valence-electron chi connectivity index (χ4n) is 4.59. The Morgan fingerprint density at radius 3 is 2.61 bits per heavy atom. The topological polar surface area (TPSA) is 75.0 Å². The second kappa shape index (κ2) is 8.36. The minimum absolute atomic E-state index is 0.442. The molecule has 1 fully saturated rings. The molecule has 5 heteroatoms. The van der Waals surface area contributed by atoms with Crippen LogP contribution in [-0.4, -0.2) is 33.9 Å². The van der Waals surface area contributed by atoms with E-state index in [1.54, 1.807) is 6.07 Å². The number of para-hydroxylation sites is 1. The summed E-state index contributed by atoms with van der Waals surface area (Å²) in [5.74, 6) is 0.838. The highest BCUT2D eigenvalue weighted by Crippen LogP contribution is 2.30. The van der Waals surface area contributed by atoms with Gasteiger partial charge in [0.2, 0.25) is 0 Å². The third-order valence-corrected chi connectivity index (χ3v) is 6.19. The maximum Gasteiger partial charge on any atom is 0.250 e. The number of aromatic nitrogens is 2. The molecule has 3 aromatic carbocycles. The smallest absolute Gasteiger partial charge is 0.250 e. The summed E-state index contributed by atoms with van der Waals surface area (Å²) in [6.07, 6.45) is 2.44. The molecule has 0 saturated carbocycles. The molecule has 31 heavy (non-hydrogen) atoms. The van der Waals surface area contributed by atoms with E-state index < -0.39 is 5.91 Å². The summed E-state index contributed by atoms with van der Waals surface area (Å²) >= 11 is 0. The molecule has 1 amide bonds. The zero-order valence-electron chi connectivity index (χ0n) is 17.4. The zero-order chi connectivity index (χ0) is 21.2. The quantitative estimate of drug-likeness (QED) is 0.500. The SMILES string of the molecule is NC(=O)c1cccc2[nH]c(-c3ccc(C4CCCN(Cc5ccccc5)C4)cc3)nc12. The number of carbonyl (C=O) groups excluding carboxylic acids is 1. The van der Waals surface area contributed by atoms with Crippen molar-refractivity contribution in [3.63, 3.8) is 0 Å². The monoisotopic (exact) mass is 410 g/mol. The number of hydrogen-bond acceptors (Lipinski definition) is 3. The van der Waals surface area contributed by atoms with E-state index in [0.717, 1.165) is 36.5 Å². The van der Waals surface area contributed by atoms with Crippen molar-refractivity contribution in [1.29, 1.82) is 0 Å². The summed E-state index contributed by atoms with van der Waals surface area (Å²) in [4.78, 5) is 22.2. The molecule has 5 rings (SSSR count). The van der Waals surface area contributed by atoms with Crippen molar-refractivity contribution in [3.8, 4) is 11.4 Å². The van der Waals surface area contributed by atoms with Gasteiger partial charge < -0.3 is 10.7 Å². The fraction of sp³-hybridized carbons (Fsp3) is 0.231. The average molecular weight is 411 g/mol. The first-order valence-corrected chi connectivity index (χ1v) is 10.8. The van der Waals surface area contributed by atoms with Gasteiger partial charge >= 0.3 is 0 Å². The number of amides is 1. The molecule has 0 spiro atoms. The van der Waals surface area contributed by atoms with Crippen molar-refractivity contribution in [2.24, 2.45) is 5.73 Å². The van der Waals surface area contributed by atoms with Crippen molar-refractivity contribution >= 4 is 16.9 Å². The molecule has 3 N–H and O–H groups in total. The summed E-state index contributed by atoms with van der Waals surface area (Å²) in [6, 6.07) is 24.8. The number of fused-ring (bicyclic) bond motifs is 1. The lowest BCUT2D eigenvalue weighted by Crippen LogP contribution is -2.33. The second-order valence-corrected chi connectivity index (χ2v) is 8.33. The van der Waals surface area contributed by atoms with Crippen LogP contribution in [0, 0.1) is 0 Å². The van der Waals surface area contributed by atoms with E-state index in [1.807, 2.05) is 12.1 Å². The van der Waals surface area contributed by atoms with Gasteiger partial charge in [0.15, 0.2) is 0 Å². The van der Waals surface area contributed by atoms with Crippen LogP contribution in [-0.2, 0) is 6.54 Å². The van der Waals surface area contributed by atoms with E-state index >= 15 is 0 Å². The molecule has 156 valence electrons. The van der Waals surface area contributed by atoms with Crippen molar-refractivity contribution in [2.45, 2.75) is 25.3 Å². The van der Waals surface area contributed by atoms with Gasteiger partial charge in [0.25, 0.3) is 5.91 Å². The molecule has 1 saturated heterocycles. The number of H-pyrrole nitrogens is 1. The van der Waals surface area contributed by atoms with Gasteiger partial charge in [-0.25, -0.2) is 4.98 Å². The summed E-state index contributed by atoms with van der Waals surface area (Å²) in [5, 5.41) is 0. The molecule has 0 bridgehead atoms. The van der Waals surface area contributed by atoms with E-state index in [0.29, 0.717) is 17.0 Å². The third kappa shape index (κ3) is 4.09. The number of likely N-dealkylation sites (tertiary alicyclic amines) is 1. The van der Waals surface area contributed by atoms with Gasteiger partial charge in [0.1, 0.15) is 11.3 Å². The molecular formula is C26H26N4O. The summed E-state index contributed by atoms with van der Waals surface area (Å²) in [7, 11) is 0. The largest absolute Gasteiger partial charge is 0.366 e. The number of nitrogens with one attached hydrogen (secondary N) is 1. The van der Waals surface area contributed by atoms with Crippen LogP contribution >= 0.6 is 0 Å². The number of nitrogens with zero attached hydrogens (tertiary/aromatic N) is 2. The molecule has 1 unspecified atom stereocenters. The number of rotatable bonds is 5. The van der Waals surface area contributed by atoms with Gasteiger partial charge in [-0.15, -0.1) is 0 Å². The highest BCUT2D eigenvalue weighted by molar-refractivity contribution is 6.04. The Labute approximate surface area is 181 Å². The lowest BCUT2D eigenvalue weighted by molar-refractivity contribution is 0.100. The van der Waals surface area contributed by atoms with Gasteiger partial charge in [-0.2, -0.15) is 0 Å². The Hall–Kier alpha value is -3.44. The Kier molecular flexibility index (Phi) is 5.26. The lowest BCUT2D eigenvalue weighted by atomic mass is 9.90. The van der Waals surface area contributed by atoms with Crippen LogP contribution in [0.2, 0.25) is 0 Å². The number of benzene rings is 3. The van der Waals surface area contributed by atoms with Gasteiger partial charge in [-0.05, 0) is 48.6 Å². The Morgan fingerprint density at radius 2 is 1.84 bits per heavy atom. The summed E-state index contributed by atoms with van der Waals surface area (Å²) in [5.41, 5.74) is 11.1. The van der Waals surface area contributed by atoms with E-state index in [-0.39, 0.29) is 0 Å². The first-order valence-electron chi connectivity index (χ1n) is 10.8. The minimum atomic E-state index is -0.462. The minimum Gasteiger partial charge on any atom is -0.366 e. The van der Waals surface area contributed by atoms with Crippen LogP contribution in [0.4, 0.5) is 0 Å². The fourth-order valence-corrected chi connectivity index (χ4v) is 4.59. The van der Waals surface area contributed by atoms with Gasteiger partial charge in [0, 0.05) is 18.7 Å². The van der Waals surface area contributed by atoms with Crippen molar-refractivity contribution in [2.75, 3.05) is 13.1 Å². The van der Waals surface area contributed by atoms with Crippen LogP contribution in [0.3, 0.4) is 0 Å². The number of imidazole rings is 1. The van der Waals surface area contributed by atoms with Crippen LogP contribution in [0.1, 0.15) is 40.2 Å². The molecule has 0 radical (unpaired) electrons. The molecule has 1 aromatic heterocycles. The average Bonchev–Trinajstić information content (AvgIpc) is 3.24. The molecule has 1 aliphatic heterocycles. The van der Waals surface area contributed by atoms with Crippen LogP contribution in [0.15, 0.2) is 72.8 Å². The van der Waals surface area contributed by atoms with E-state index in [9.17, 15) is 4.79 Å². The lowest BCUT2D eigenvalue weighted by Gasteiger charge is -2.33. The van der Waals surface area contributed by atoms with E-state index in [2.05, 4.69) is 69.5 Å². The first kappa shape index (κ1) is 19.5. The van der Waals surface area contributed by atoms with Crippen LogP contribution < -0.4 is 5.73 Å². The maximum absolute atomic E-state index is 11.7. The van der Waals surface area contributed by atoms with E-state index in [1.165, 1.54) is 24.0 Å². The van der Waals surface area contributed by atoms with Crippen molar-refractivity contribution in [3.05, 3.63) is 89.5 Å². The first-order chi connectivity index (χ1) is 15.2. The summed E-state index contributed by atoms with van der Waals surface area (Å²) in [6.45, 7) is 3.25. The van der Waals surface area contributed by atoms with Gasteiger partial charge in [-0.1, -0.05) is 60.7 Å². The highest BCUT2D eigenvalue weighted by Gasteiger charge is 2.21. The number of piperidine rings is 1. The number of aromatic amines is 1. The third-order valence-electron chi connectivity index (χ3n) is 6.19. The number of carbonyl (C=O) groups is 1. The van der Waals surface area contributed by atoms with Gasteiger partial charge in [-0.3, -0.25) is 9.69 Å². The second-order valence-electron chi connectivity index (χ2n) is 8.33. The Morgan fingerprint density at radius 1 is 1.03 bits per heavy atom. The van der Waals surface area contributed by atoms with Crippen molar-refractivity contribution < 1.29 is 4.79 Å². The Balaban J connectivity index is 1.33.